The van der Waals surface area contributed by atoms with Gasteiger partial charge in [-0.15, -0.1) is 0 Å². The highest BCUT2D eigenvalue weighted by Crippen LogP contribution is 2.41. The van der Waals surface area contributed by atoms with E-state index in [1.165, 1.54) is 12.3 Å². The Hall–Kier alpha value is -1.78. The number of aromatic nitrogens is 1. The highest BCUT2D eigenvalue weighted by atomic mass is 16.3. The van der Waals surface area contributed by atoms with Gasteiger partial charge in [0.25, 0.3) is 0 Å². The second kappa shape index (κ2) is 6.15. The van der Waals surface area contributed by atoms with Crippen LogP contribution >= 0.6 is 0 Å². The summed E-state index contributed by atoms with van der Waals surface area (Å²) in [5.41, 5.74) is 0.458. The molecule has 1 aromatic rings. The third-order valence-corrected chi connectivity index (χ3v) is 4.52. The lowest BCUT2D eigenvalue weighted by atomic mass is 9.68. The number of carbonyl (C=O) groups excluding carboxylic acids is 1. The number of pyridine rings is 1. The van der Waals surface area contributed by atoms with E-state index in [4.69, 9.17) is 0 Å². The molecule has 5 heteroatoms. The third kappa shape index (κ3) is 3.90. The summed E-state index contributed by atoms with van der Waals surface area (Å²) in [6.07, 6.45) is 4.35. The van der Waals surface area contributed by atoms with E-state index in [1.54, 1.807) is 11.6 Å². The average molecular weight is 306 g/mol. The molecule has 1 aromatic heterocycles. The van der Waals surface area contributed by atoms with Crippen molar-refractivity contribution in [2.24, 2.45) is 24.3 Å². The minimum absolute atomic E-state index is 0.0351. The van der Waals surface area contributed by atoms with Crippen LogP contribution in [0.1, 0.15) is 45.7 Å². The molecule has 1 heterocycles. The number of amides is 1. The van der Waals surface area contributed by atoms with Crippen LogP contribution in [-0.4, -0.2) is 15.6 Å². The molecule has 0 aromatic carbocycles. The summed E-state index contributed by atoms with van der Waals surface area (Å²) in [6, 6.07) is 1.36. The maximum Gasteiger partial charge on any atom is 0.223 e. The van der Waals surface area contributed by atoms with Crippen molar-refractivity contribution in [3.05, 3.63) is 28.2 Å². The number of rotatable bonds is 3. The zero-order valence-electron chi connectivity index (χ0n) is 13.8. The Balaban J connectivity index is 2.01. The number of carbonyl (C=O) groups is 1. The minimum Gasteiger partial charge on any atom is -0.503 e. The third-order valence-electron chi connectivity index (χ3n) is 4.52. The van der Waals surface area contributed by atoms with Gasteiger partial charge in [-0.3, -0.25) is 9.59 Å². The fourth-order valence-corrected chi connectivity index (χ4v) is 3.70. The second-order valence-electron chi connectivity index (χ2n) is 7.45. The zero-order chi connectivity index (χ0) is 16.5. The van der Waals surface area contributed by atoms with E-state index in [9.17, 15) is 14.7 Å². The molecule has 1 aliphatic carbocycles. The Morgan fingerprint density at radius 1 is 1.45 bits per heavy atom. The first-order valence-electron chi connectivity index (χ1n) is 7.84. The van der Waals surface area contributed by atoms with Crippen LogP contribution in [0.5, 0.6) is 5.75 Å². The molecule has 122 valence electrons. The van der Waals surface area contributed by atoms with Crippen LogP contribution in [-0.2, 0) is 18.4 Å². The molecule has 1 fully saturated rings. The first-order valence-corrected chi connectivity index (χ1v) is 7.84. The van der Waals surface area contributed by atoms with Gasteiger partial charge in [0.15, 0.2) is 5.75 Å². The topological polar surface area (TPSA) is 71.3 Å². The Bertz CT molecular complexity index is 619. The number of hydrogen-bond donors (Lipinski definition) is 2. The van der Waals surface area contributed by atoms with E-state index in [2.05, 4.69) is 26.1 Å². The van der Waals surface area contributed by atoms with Crippen molar-refractivity contribution in [2.45, 2.75) is 46.6 Å². The molecule has 0 bridgehead atoms. The fraction of sp³-hybridized carbons (Fsp3) is 0.647. The van der Waals surface area contributed by atoms with Crippen LogP contribution in [0.3, 0.4) is 0 Å². The lowest BCUT2D eigenvalue weighted by Crippen LogP contribution is -2.38. The largest absolute Gasteiger partial charge is 0.503 e. The van der Waals surface area contributed by atoms with E-state index in [1.807, 2.05) is 0 Å². The summed E-state index contributed by atoms with van der Waals surface area (Å²) in [7, 11) is 1.74. The molecule has 1 saturated carbocycles. The van der Waals surface area contributed by atoms with E-state index < -0.39 is 5.43 Å². The van der Waals surface area contributed by atoms with Crippen molar-refractivity contribution in [3.63, 3.8) is 0 Å². The molecule has 22 heavy (non-hydrogen) atoms. The molecule has 1 amide bonds. The van der Waals surface area contributed by atoms with E-state index in [-0.39, 0.29) is 23.0 Å². The van der Waals surface area contributed by atoms with Gasteiger partial charge in [0, 0.05) is 30.9 Å². The minimum atomic E-state index is -0.422. The number of nitrogens with zero attached hydrogens (tertiary/aromatic N) is 1. The van der Waals surface area contributed by atoms with Crippen molar-refractivity contribution >= 4 is 5.91 Å². The maximum absolute atomic E-state index is 12.4. The number of hydrogen-bond acceptors (Lipinski definition) is 3. The van der Waals surface area contributed by atoms with Gasteiger partial charge in [0.1, 0.15) is 0 Å². The Morgan fingerprint density at radius 3 is 2.77 bits per heavy atom. The molecule has 2 unspecified atom stereocenters. The molecular formula is C17H26N2O3. The monoisotopic (exact) mass is 306 g/mol. The summed E-state index contributed by atoms with van der Waals surface area (Å²) < 4.78 is 1.66. The lowest BCUT2D eigenvalue weighted by Gasteiger charge is -2.38. The quantitative estimate of drug-likeness (QED) is 0.899. The van der Waals surface area contributed by atoms with Gasteiger partial charge in [-0.1, -0.05) is 20.8 Å². The highest BCUT2D eigenvalue weighted by molar-refractivity contribution is 5.78. The van der Waals surface area contributed by atoms with Gasteiger partial charge < -0.3 is 15.0 Å². The fourth-order valence-electron chi connectivity index (χ4n) is 3.70. The molecule has 0 saturated heterocycles. The van der Waals surface area contributed by atoms with Gasteiger partial charge in [0.2, 0.25) is 11.3 Å². The Morgan fingerprint density at radius 2 is 2.14 bits per heavy atom. The maximum atomic E-state index is 12.4. The molecule has 0 spiro atoms. The van der Waals surface area contributed by atoms with E-state index >= 15 is 0 Å². The van der Waals surface area contributed by atoms with Crippen molar-refractivity contribution in [3.8, 4) is 5.75 Å². The lowest BCUT2D eigenvalue weighted by molar-refractivity contribution is -0.128. The van der Waals surface area contributed by atoms with Crippen LogP contribution in [0, 0.1) is 17.3 Å². The molecule has 2 N–H and O–H groups in total. The van der Waals surface area contributed by atoms with Crippen LogP contribution < -0.4 is 10.7 Å². The molecule has 5 nitrogen and oxygen atoms in total. The molecule has 1 aliphatic rings. The SMILES string of the molecule is CC1CC(C(=O)NCc2cc(=O)c(O)cn2C)CC(C)(C)C1. The summed E-state index contributed by atoms with van der Waals surface area (Å²) in [4.78, 5) is 23.9. The van der Waals surface area contributed by atoms with E-state index in [0.29, 0.717) is 18.2 Å². The number of aromatic hydroxyl groups is 1. The van der Waals surface area contributed by atoms with Gasteiger partial charge >= 0.3 is 0 Å². The van der Waals surface area contributed by atoms with Crippen molar-refractivity contribution in [1.82, 2.24) is 9.88 Å². The Kier molecular flexibility index (Phi) is 4.63. The summed E-state index contributed by atoms with van der Waals surface area (Å²) >= 11 is 0. The van der Waals surface area contributed by atoms with Crippen molar-refractivity contribution < 1.29 is 9.90 Å². The molecular weight excluding hydrogens is 280 g/mol. The van der Waals surface area contributed by atoms with Crippen molar-refractivity contribution in [2.75, 3.05) is 0 Å². The summed E-state index contributed by atoms with van der Waals surface area (Å²) in [5.74, 6) is 0.367. The highest BCUT2D eigenvalue weighted by Gasteiger charge is 2.35. The normalized spacial score (nSPS) is 24.0. The average Bonchev–Trinajstić information content (AvgIpc) is 2.38. The first-order chi connectivity index (χ1) is 10.2. The summed E-state index contributed by atoms with van der Waals surface area (Å²) in [5, 5.41) is 12.3. The van der Waals surface area contributed by atoms with Gasteiger partial charge in [-0.05, 0) is 30.6 Å². The van der Waals surface area contributed by atoms with Crippen LogP contribution in [0.15, 0.2) is 17.1 Å². The molecule has 2 atom stereocenters. The first kappa shape index (κ1) is 16.6. The number of aryl methyl sites for hydroxylation is 1. The summed E-state index contributed by atoms with van der Waals surface area (Å²) in [6.45, 7) is 6.93. The molecule has 2 rings (SSSR count). The smallest absolute Gasteiger partial charge is 0.223 e. The predicted octanol–water partition coefficient (Wildman–Crippen LogP) is 2.17. The van der Waals surface area contributed by atoms with Gasteiger partial charge in [-0.2, -0.15) is 0 Å². The molecule has 0 aliphatic heterocycles. The number of nitrogens with one attached hydrogen (secondary N) is 1. The second-order valence-corrected chi connectivity index (χ2v) is 7.45. The van der Waals surface area contributed by atoms with E-state index in [0.717, 1.165) is 19.3 Å². The van der Waals surface area contributed by atoms with Crippen LogP contribution in [0.4, 0.5) is 0 Å². The zero-order valence-corrected chi connectivity index (χ0v) is 13.8. The standard InChI is InChI=1S/C17H26N2O3/c1-11-5-12(8-17(2,3)7-11)16(22)18-9-13-6-14(20)15(21)10-19(13)4/h6,10-12,21H,5,7-9H2,1-4H3,(H,18,22). The predicted molar refractivity (Wildman–Crippen MR) is 85.5 cm³/mol. The van der Waals surface area contributed by atoms with Crippen LogP contribution in [0.25, 0.3) is 0 Å². The van der Waals surface area contributed by atoms with Crippen molar-refractivity contribution in [1.29, 1.82) is 0 Å². The Labute approximate surface area is 131 Å². The van der Waals surface area contributed by atoms with Gasteiger partial charge in [0.05, 0.1) is 6.54 Å². The molecule has 0 radical (unpaired) electrons. The van der Waals surface area contributed by atoms with Gasteiger partial charge in [-0.25, -0.2) is 0 Å². The van der Waals surface area contributed by atoms with Crippen LogP contribution in [0.2, 0.25) is 0 Å².